The summed E-state index contributed by atoms with van der Waals surface area (Å²) in [6.45, 7) is 0. The van der Waals surface area contributed by atoms with Crippen molar-refractivity contribution in [2.45, 2.75) is 31.7 Å². The van der Waals surface area contributed by atoms with Crippen molar-refractivity contribution in [2.24, 2.45) is 0 Å². The fourth-order valence-electron chi connectivity index (χ4n) is 3.40. The Kier molecular flexibility index (Phi) is 7.27. The van der Waals surface area contributed by atoms with Crippen LogP contribution in [-0.4, -0.2) is 28.1 Å². The van der Waals surface area contributed by atoms with Crippen LogP contribution in [0.5, 0.6) is 5.75 Å². The van der Waals surface area contributed by atoms with Gasteiger partial charge in [0.25, 0.3) is 5.91 Å². The maximum atomic E-state index is 12.7. The molecule has 0 saturated heterocycles. The minimum atomic E-state index is -1.07. The zero-order chi connectivity index (χ0) is 22.2. The molecule has 1 amide bonds. The Morgan fingerprint density at radius 3 is 2.16 bits per heavy atom. The van der Waals surface area contributed by atoms with Crippen molar-refractivity contribution in [3.05, 3.63) is 95.1 Å². The lowest BCUT2D eigenvalue weighted by atomic mass is 10.0. The van der Waals surface area contributed by atoms with E-state index in [0.717, 1.165) is 23.1 Å². The second-order valence-corrected chi connectivity index (χ2v) is 7.52. The number of rotatable bonds is 9. The van der Waals surface area contributed by atoms with Crippen molar-refractivity contribution >= 4 is 17.6 Å². The van der Waals surface area contributed by atoms with Gasteiger partial charge in [-0.15, -0.1) is 0 Å². The van der Waals surface area contributed by atoms with Crippen molar-refractivity contribution in [1.82, 2.24) is 5.32 Å². The van der Waals surface area contributed by atoms with Crippen LogP contribution >= 0.6 is 0 Å². The molecule has 0 aliphatic heterocycles. The summed E-state index contributed by atoms with van der Waals surface area (Å²) in [5.74, 6) is -1.31. The van der Waals surface area contributed by atoms with E-state index < -0.39 is 17.9 Å². The molecule has 0 saturated carbocycles. The SMILES string of the molecule is Nc1cc(CCc2ccc(O)cc2)cc(C(=O)N[C@@H](CCc2ccccc2)C(=O)O)c1. The van der Waals surface area contributed by atoms with Crippen LogP contribution in [0.2, 0.25) is 0 Å². The number of aromatic hydroxyl groups is 1. The van der Waals surface area contributed by atoms with Crippen LogP contribution in [0.3, 0.4) is 0 Å². The monoisotopic (exact) mass is 418 g/mol. The normalized spacial score (nSPS) is 11.6. The van der Waals surface area contributed by atoms with Crippen LogP contribution in [-0.2, 0) is 24.1 Å². The molecule has 5 N–H and O–H groups in total. The lowest BCUT2D eigenvalue weighted by molar-refractivity contribution is -0.139. The highest BCUT2D eigenvalue weighted by atomic mass is 16.4. The molecule has 6 nitrogen and oxygen atoms in total. The molecule has 0 unspecified atom stereocenters. The summed E-state index contributed by atoms with van der Waals surface area (Å²) in [6, 6.07) is 20.6. The number of carbonyl (C=O) groups is 2. The molecular weight excluding hydrogens is 392 g/mol. The third kappa shape index (κ3) is 6.60. The molecule has 0 radical (unpaired) electrons. The van der Waals surface area contributed by atoms with E-state index in [4.69, 9.17) is 5.73 Å². The number of amides is 1. The lowest BCUT2D eigenvalue weighted by Crippen LogP contribution is -2.41. The Morgan fingerprint density at radius 1 is 0.839 bits per heavy atom. The van der Waals surface area contributed by atoms with Crippen molar-refractivity contribution < 1.29 is 19.8 Å². The number of carboxylic acid groups (broad SMARTS) is 1. The van der Waals surface area contributed by atoms with Gasteiger partial charge in [0.15, 0.2) is 0 Å². The number of phenolic OH excluding ortho intramolecular Hbond substituents is 1. The number of phenols is 1. The number of carboxylic acids is 1. The van der Waals surface area contributed by atoms with Gasteiger partial charge >= 0.3 is 5.97 Å². The molecule has 0 aromatic heterocycles. The number of nitrogen functional groups attached to an aromatic ring is 1. The highest BCUT2D eigenvalue weighted by Gasteiger charge is 2.21. The molecule has 0 fully saturated rings. The van der Waals surface area contributed by atoms with Gasteiger partial charge < -0.3 is 21.3 Å². The number of anilines is 1. The van der Waals surface area contributed by atoms with E-state index in [9.17, 15) is 19.8 Å². The highest BCUT2D eigenvalue weighted by Crippen LogP contribution is 2.17. The van der Waals surface area contributed by atoms with Crippen molar-refractivity contribution in [1.29, 1.82) is 0 Å². The van der Waals surface area contributed by atoms with Crippen LogP contribution in [0.25, 0.3) is 0 Å². The first-order valence-corrected chi connectivity index (χ1v) is 10.2. The summed E-state index contributed by atoms with van der Waals surface area (Å²) >= 11 is 0. The van der Waals surface area contributed by atoms with Gasteiger partial charge in [0.05, 0.1) is 0 Å². The van der Waals surface area contributed by atoms with E-state index in [1.807, 2.05) is 42.5 Å². The fourth-order valence-corrected chi connectivity index (χ4v) is 3.40. The second kappa shape index (κ2) is 10.3. The molecule has 31 heavy (non-hydrogen) atoms. The lowest BCUT2D eigenvalue weighted by Gasteiger charge is -2.15. The van der Waals surface area contributed by atoms with Gasteiger partial charge in [-0.3, -0.25) is 4.79 Å². The number of nitrogens with two attached hydrogens (primary N) is 1. The number of carbonyl (C=O) groups excluding carboxylic acids is 1. The summed E-state index contributed by atoms with van der Waals surface area (Å²) in [5, 5.41) is 21.5. The van der Waals surface area contributed by atoms with Gasteiger partial charge in [0.2, 0.25) is 0 Å². The number of hydrogen-bond acceptors (Lipinski definition) is 4. The van der Waals surface area contributed by atoms with E-state index >= 15 is 0 Å². The first kappa shape index (κ1) is 21.9. The van der Waals surface area contributed by atoms with Gasteiger partial charge in [-0.05, 0) is 72.7 Å². The largest absolute Gasteiger partial charge is 0.508 e. The second-order valence-electron chi connectivity index (χ2n) is 7.52. The van der Waals surface area contributed by atoms with E-state index in [1.54, 1.807) is 30.3 Å². The van der Waals surface area contributed by atoms with Crippen molar-refractivity contribution in [3.63, 3.8) is 0 Å². The highest BCUT2D eigenvalue weighted by molar-refractivity contribution is 5.97. The average Bonchev–Trinajstić information content (AvgIpc) is 2.76. The van der Waals surface area contributed by atoms with Crippen molar-refractivity contribution in [3.8, 4) is 5.75 Å². The van der Waals surface area contributed by atoms with Crippen LogP contribution in [0.15, 0.2) is 72.8 Å². The first-order chi connectivity index (χ1) is 14.9. The summed E-state index contributed by atoms with van der Waals surface area (Å²) < 4.78 is 0. The molecule has 3 rings (SSSR count). The standard InChI is InChI=1S/C25H26N2O4/c26-21-15-19(7-6-18-8-11-22(28)12-9-18)14-20(16-21)24(29)27-23(25(30)31)13-10-17-4-2-1-3-5-17/h1-5,8-9,11-12,14-16,23,28H,6-7,10,13,26H2,(H,27,29)(H,30,31)/t23-/m0/s1. The predicted molar refractivity (Wildman–Crippen MR) is 120 cm³/mol. The third-order valence-corrected chi connectivity index (χ3v) is 5.08. The molecule has 0 bridgehead atoms. The smallest absolute Gasteiger partial charge is 0.326 e. The minimum Gasteiger partial charge on any atom is -0.508 e. The van der Waals surface area contributed by atoms with Crippen LogP contribution in [0.1, 0.15) is 33.5 Å². The molecule has 0 heterocycles. The van der Waals surface area contributed by atoms with Gasteiger partial charge in [0.1, 0.15) is 11.8 Å². The molecule has 3 aromatic carbocycles. The summed E-state index contributed by atoms with van der Waals surface area (Å²) in [4.78, 5) is 24.4. The summed E-state index contributed by atoms with van der Waals surface area (Å²) in [6.07, 6.45) is 2.22. The van der Waals surface area contributed by atoms with Gasteiger partial charge in [-0.25, -0.2) is 4.79 Å². The van der Waals surface area contributed by atoms with Gasteiger partial charge in [0, 0.05) is 11.3 Å². The Balaban J connectivity index is 1.65. The Morgan fingerprint density at radius 2 is 1.48 bits per heavy atom. The van der Waals surface area contributed by atoms with E-state index in [2.05, 4.69) is 5.32 Å². The van der Waals surface area contributed by atoms with Crippen LogP contribution in [0, 0.1) is 0 Å². The summed E-state index contributed by atoms with van der Waals surface area (Å²) in [7, 11) is 0. The number of hydrogen-bond donors (Lipinski definition) is 4. The Hall–Kier alpha value is -3.80. The Bertz CT molecular complexity index is 1030. The average molecular weight is 418 g/mol. The number of benzene rings is 3. The number of nitrogens with one attached hydrogen (secondary N) is 1. The molecule has 6 heteroatoms. The quantitative estimate of drug-likeness (QED) is 0.397. The summed E-state index contributed by atoms with van der Waals surface area (Å²) in [5.41, 5.74) is 9.72. The molecule has 1 atom stereocenters. The number of aryl methyl sites for hydroxylation is 3. The molecule has 160 valence electrons. The predicted octanol–water partition coefficient (Wildman–Crippen LogP) is 3.58. The molecule has 3 aromatic rings. The zero-order valence-electron chi connectivity index (χ0n) is 17.1. The van der Waals surface area contributed by atoms with E-state index in [1.165, 1.54) is 0 Å². The maximum absolute atomic E-state index is 12.7. The van der Waals surface area contributed by atoms with Crippen molar-refractivity contribution in [2.75, 3.05) is 5.73 Å². The fraction of sp³-hybridized carbons (Fsp3) is 0.200. The molecule has 0 aliphatic carbocycles. The van der Waals surface area contributed by atoms with Gasteiger partial charge in [-0.2, -0.15) is 0 Å². The van der Waals surface area contributed by atoms with E-state index in [0.29, 0.717) is 30.5 Å². The minimum absolute atomic E-state index is 0.215. The first-order valence-electron chi connectivity index (χ1n) is 10.2. The third-order valence-electron chi connectivity index (χ3n) is 5.08. The molecular formula is C25H26N2O4. The van der Waals surface area contributed by atoms with Crippen LogP contribution in [0.4, 0.5) is 5.69 Å². The van der Waals surface area contributed by atoms with Gasteiger partial charge in [-0.1, -0.05) is 42.5 Å². The maximum Gasteiger partial charge on any atom is 0.326 e. The molecule has 0 aliphatic rings. The molecule has 0 spiro atoms. The number of aliphatic carboxylic acids is 1. The topological polar surface area (TPSA) is 113 Å². The zero-order valence-corrected chi connectivity index (χ0v) is 17.1. The van der Waals surface area contributed by atoms with E-state index in [-0.39, 0.29) is 5.75 Å². The Labute approximate surface area is 181 Å². The van der Waals surface area contributed by atoms with Crippen LogP contribution < -0.4 is 11.1 Å².